The zero-order chi connectivity index (χ0) is 31.2. The Morgan fingerprint density at radius 2 is 1.53 bits per heavy atom. The first-order chi connectivity index (χ1) is 21.2. The van der Waals surface area contributed by atoms with E-state index in [9.17, 15) is 23.6 Å². The van der Waals surface area contributed by atoms with E-state index in [0.29, 0.717) is 48.8 Å². The number of aliphatic carboxylic acids is 1. The van der Waals surface area contributed by atoms with Gasteiger partial charge in [0.05, 0.1) is 10.9 Å². The van der Waals surface area contributed by atoms with Gasteiger partial charge in [0.25, 0.3) is 5.56 Å². The molecule has 1 aliphatic rings. The normalized spacial score (nSPS) is 14.4. The van der Waals surface area contributed by atoms with E-state index in [4.69, 9.17) is 10.8 Å². The second-order valence-corrected chi connectivity index (χ2v) is 10.9. The van der Waals surface area contributed by atoms with Crippen LogP contribution in [0.4, 0.5) is 4.39 Å². The van der Waals surface area contributed by atoms with Crippen molar-refractivity contribution in [1.82, 2.24) is 19.4 Å². The van der Waals surface area contributed by atoms with Crippen molar-refractivity contribution in [2.45, 2.75) is 31.8 Å². The molecule has 5 aromatic rings. The third-order valence-electron chi connectivity index (χ3n) is 8.05. The van der Waals surface area contributed by atoms with E-state index >= 15 is 0 Å². The third kappa shape index (κ3) is 8.21. The number of carboxylic acid groups (broad SMARTS) is 1. The number of H-pyrrole nitrogens is 2. The molecule has 0 aliphatic carbocycles. The number of hydrogen-bond donors (Lipinski definition) is 4. The number of likely N-dealkylation sites (tertiary alicyclic amines) is 1. The first kappa shape index (κ1) is 33.9. The average Bonchev–Trinajstić information content (AvgIpc) is 3.44. The van der Waals surface area contributed by atoms with Gasteiger partial charge in [-0.2, -0.15) is 0 Å². The molecule has 0 bridgehead atoms. The number of aromatic amines is 2. The van der Waals surface area contributed by atoms with Gasteiger partial charge in [-0.1, -0.05) is 30.3 Å². The predicted molar refractivity (Wildman–Crippen MR) is 175 cm³/mol. The molecular formula is C33H36FN5O5Pb. The van der Waals surface area contributed by atoms with Crippen molar-refractivity contribution in [3.8, 4) is 0 Å². The van der Waals surface area contributed by atoms with E-state index in [-0.39, 0.29) is 50.4 Å². The number of Topliss-reactive ketones (excluding diaryl/α,β-unsaturated/α-hetero) is 1. The van der Waals surface area contributed by atoms with Gasteiger partial charge in [0.15, 0.2) is 5.78 Å². The number of piperidine rings is 1. The molecule has 0 amide bonds. The molecule has 10 nitrogen and oxygen atoms in total. The molecule has 2 radical (unpaired) electrons. The van der Waals surface area contributed by atoms with Gasteiger partial charge < -0.3 is 25.7 Å². The van der Waals surface area contributed by atoms with Crippen molar-refractivity contribution in [2.75, 3.05) is 19.6 Å². The molecule has 6 rings (SSSR count). The maximum absolute atomic E-state index is 13.0. The summed E-state index contributed by atoms with van der Waals surface area (Å²) < 4.78 is 14.3. The van der Waals surface area contributed by atoms with Gasteiger partial charge in [-0.15, -0.1) is 0 Å². The van der Waals surface area contributed by atoms with Crippen molar-refractivity contribution >= 4 is 60.9 Å². The van der Waals surface area contributed by atoms with Crippen LogP contribution in [0, 0.1) is 11.7 Å². The van der Waals surface area contributed by atoms with Crippen LogP contribution in [0.1, 0.15) is 28.8 Å². The van der Waals surface area contributed by atoms with Gasteiger partial charge >= 0.3 is 39.0 Å². The number of hydrogen-bond acceptors (Lipinski definition) is 6. The van der Waals surface area contributed by atoms with Crippen molar-refractivity contribution in [2.24, 2.45) is 11.7 Å². The van der Waals surface area contributed by atoms with Crippen LogP contribution in [-0.2, 0) is 17.8 Å². The molecule has 3 aromatic carbocycles. The number of carbonyl (C=O) groups is 2. The number of carboxylic acids is 1. The molecule has 2 aromatic heterocycles. The van der Waals surface area contributed by atoms with Gasteiger partial charge in [-0.05, 0) is 74.0 Å². The fraction of sp³-hybridized carbons (Fsp3) is 0.273. The number of para-hydroxylation sites is 2. The second-order valence-electron chi connectivity index (χ2n) is 10.9. The monoisotopic (exact) mass is 809 g/mol. The number of halogens is 1. The summed E-state index contributed by atoms with van der Waals surface area (Å²) >= 11 is 0. The van der Waals surface area contributed by atoms with Crippen molar-refractivity contribution in [3.63, 3.8) is 0 Å². The minimum absolute atomic E-state index is 0. The van der Waals surface area contributed by atoms with E-state index in [1.807, 2.05) is 30.5 Å². The van der Waals surface area contributed by atoms with Gasteiger partial charge in [0, 0.05) is 48.1 Å². The summed E-state index contributed by atoms with van der Waals surface area (Å²) in [4.78, 5) is 56.1. The number of nitrogens with zero attached hydrogens (tertiary/aromatic N) is 2. The maximum atomic E-state index is 13.0. The number of fused-ring (bicyclic) bond motifs is 2. The summed E-state index contributed by atoms with van der Waals surface area (Å²) in [6.45, 7) is 2.31. The Balaban J connectivity index is 0.000000243. The third-order valence-corrected chi connectivity index (χ3v) is 8.05. The molecule has 0 spiro atoms. The summed E-state index contributed by atoms with van der Waals surface area (Å²) in [6, 6.07) is 19.6. The first-order valence-corrected chi connectivity index (χ1v) is 14.5. The average molecular weight is 809 g/mol. The number of nitrogens with two attached hydrogens (primary N) is 1. The summed E-state index contributed by atoms with van der Waals surface area (Å²) in [5, 5.41) is 10.3. The van der Waals surface area contributed by atoms with Crippen LogP contribution < -0.4 is 17.0 Å². The molecule has 12 heteroatoms. The summed E-state index contributed by atoms with van der Waals surface area (Å²) in [6.07, 6.45) is 3.57. The summed E-state index contributed by atoms with van der Waals surface area (Å²) in [5.41, 5.74) is 7.82. The molecule has 1 aliphatic heterocycles. The molecule has 0 saturated carbocycles. The van der Waals surface area contributed by atoms with Gasteiger partial charge in [-0.25, -0.2) is 9.18 Å². The molecule has 234 valence electrons. The summed E-state index contributed by atoms with van der Waals surface area (Å²) in [5.74, 6) is -1.36. The number of ketones is 1. The fourth-order valence-corrected chi connectivity index (χ4v) is 5.54. The van der Waals surface area contributed by atoms with E-state index in [2.05, 4.69) is 14.9 Å². The molecule has 1 unspecified atom stereocenters. The molecular weight excluding hydrogens is 773 g/mol. The minimum atomic E-state index is -0.972. The molecule has 1 atom stereocenters. The van der Waals surface area contributed by atoms with Crippen molar-refractivity contribution < 1.29 is 19.1 Å². The number of rotatable bonds is 8. The van der Waals surface area contributed by atoms with E-state index < -0.39 is 17.7 Å². The molecule has 45 heavy (non-hydrogen) atoms. The number of carbonyl (C=O) groups excluding carboxylic acids is 1. The zero-order valence-corrected chi connectivity index (χ0v) is 30.2. The first-order valence-electron chi connectivity index (χ1n) is 14.5. The van der Waals surface area contributed by atoms with Crippen LogP contribution in [0.2, 0.25) is 0 Å². The van der Waals surface area contributed by atoms with Gasteiger partial charge in [0.1, 0.15) is 11.9 Å². The Morgan fingerprint density at radius 1 is 0.911 bits per heavy atom. The van der Waals surface area contributed by atoms with Crippen LogP contribution in [0.3, 0.4) is 0 Å². The fourth-order valence-electron chi connectivity index (χ4n) is 5.54. The van der Waals surface area contributed by atoms with Gasteiger partial charge in [0.2, 0.25) is 0 Å². The van der Waals surface area contributed by atoms with Crippen molar-refractivity contribution in [1.29, 1.82) is 0 Å². The summed E-state index contributed by atoms with van der Waals surface area (Å²) in [7, 11) is 0. The Morgan fingerprint density at radius 3 is 2.20 bits per heavy atom. The Kier molecular flexibility index (Phi) is 11.6. The Hall–Kier alpha value is -3.95. The van der Waals surface area contributed by atoms with E-state index in [0.717, 1.165) is 29.6 Å². The number of benzene rings is 3. The van der Waals surface area contributed by atoms with Gasteiger partial charge in [-0.3, -0.25) is 19.0 Å². The zero-order valence-electron chi connectivity index (χ0n) is 24.7. The topological polar surface area (TPSA) is 154 Å². The standard InChI is InChI=1S/C22H22FN3O3.C11H12N2O2.Pb.2H/c23-17-7-5-15(6-8-17)20(27)16-9-11-25(12-10-16)13-14-26-21(28)18-3-1-2-4-19(18)24-22(26)29;12-9(11(14)15)5-7-6-13-10-4-2-1-3-8(7)10;;;/h1-8,16H,9-14H2,(H,24,29);1-4,6,9,13H,5,12H2,(H,14,15);;;. The van der Waals surface area contributed by atoms with Crippen LogP contribution in [0.15, 0.2) is 88.6 Å². The van der Waals surface area contributed by atoms with Crippen LogP contribution in [0.25, 0.3) is 21.8 Å². The van der Waals surface area contributed by atoms with E-state index in [1.165, 1.54) is 28.8 Å². The van der Waals surface area contributed by atoms with Crippen molar-refractivity contribution in [3.05, 3.63) is 117 Å². The van der Waals surface area contributed by atoms with Crippen LogP contribution >= 0.6 is 0 Å². The second kappa shape index (κ2) is 15.4. The van der Waals surface area contributed by atoms with Crippen LogP contribution in [-0.4, -0.2) is 89.3 Å². The number of aromatic nitrogens is 3. The predicted octanol–water partition coefficient (Wildman–Crippen LogP) is 2.63. The van der Waals surface area contributed by atoms with Crippen LogP contribution in [0.5, 0.6) is 0 Å². The SMILES string of the molecule is NC(Cc1c[nH]c2ccccc12)C(=O)O.O=C(c1ccc(F)cc1)C1CCN(CCn2c(=O)[nH]c3ccccc3c2=O)CC1.[PbH2]. The number of nitrogens with one attached hydrogen (secondary N) is 2. The quantitative estimate of drug-likeness (QED) is 0.139. The Labute approximate surface area is 278 Å². The molecule has 1 fully saturated rings. The molecule has 1 saturated heterocycles. The van der Waals surface area contributed by atoms with E-state index in [1.54, 1.807) is 24.3 Å². The Bertz CT molecular complexity index is 1890. The molecule has 3 heterocycles. The molecule has 5 N–H and O–H groups in total.